The topological polar surface area (TPSA) is 120 Å². The van der Waals surface area contributed by atoms with Crippen molar-refractivity contribution in [3.63, 3.8) is 0 Å². The van der Waals surface area contributed by atoms with Gasteiger partial charge in [-0.05, 0) is 37.7 Å². The Labute approximate surface area is 166 Å². The van der Waals surface area contributed by atoms with Gasteiger partial charge in [-0.2, -0.15) is 0 Å². The monoisotopic (exact) mass is 461 g/mol. The first kappa shape index (κ1) is 33.7. The smallest absolute Gasteiger partial charge is 0.802 e. The third kappa shape index (κ3) is 51.7. The Bertz CT molecular complexity index is 272. The van der Waals surface area contributed by atoms with Gasteiger partial charge in [-0.15, -0.1) is 0 Å². The van der Waals surface area contributed by atoms with Crippen LogP contribution < -0.4 is 14.7 Å². The van der Waals surface area contributed by atoms with Crippen LogP contribution in [0.4, 0.5) is 0 Å². The number of hydrogen-bond acceptors (Lipinski definition) is 6. The third-order valence-electron chi connectivity index (χ3n) is 2.95. The Hall–Kier alpha value is 1.09. The van der Waals surface area contributed by atoms with Crippen LogP contribution in [0.5, 0.6) is 0 Å². The van der Waals surface area contributed by atoms with E-state index in [-0.39, 0.29) is 17.1 Å². The molecule has 0 aromatic heterocycles. The van der Waals surface area contributed by atoms with Crippen molar-refractivity contribution in [2.24, 2.45) is 0 Å². The van der Waals surface area contributed by atoms with Crippen LogP contribution in [0.3, 0.4) is 0 Å². The van der Waals surface area contributed by atoms with Crippen LogP contribution in [0.2, 0.25) is 0 Å². The zero-order valence-corrected chi connectivity index (χ0v) is 19.9. The molecular formula is C15H36FeO6P3. The van der Waals surface area contributed by atoms with Crippen LogP contribution in [-0.4, -0.2) is 18.5 Å². The number of rotatable bonds is 12. The molecule has 0 fully saturated rings. The molecule has 0 bridgehead atoms. The van der Waals surface area contributed by atoms with Crippen LogP contribution in [0, 0.1) is 0 Å². The maximum absolute atomic E-state index is 9.95. The van der Waals surface area contributed by atoms with E-state index in [9.17, 15) is 28.4 Å². The maximum atomic E-state index is 9.95. The summed E-state index contributed by atoms with van der Waals surface area (Å²) in [7, 11) is -7.22. The summed E-state index contributed by atoms with van der Waals surface area (Å²) in [6.07, 6.45) is 10.1. The molecule has 0 aliphatic carbocycles. The van der Waals surface area contributed by atoms with Gasteiger partial charge in [0.1, 0.15) is 0 Å². The molecule has 10 heteroatoms. The van der Waals surface area contributed by atoms with Crippen molar-refractivity contribution < 1.29 is 45.4 Å². The number of unbranched alkanes of at least 4 members (excludes halogenated alkanes) is 6. The minimum absolute atomic E-state index is 0. The van der Waals surface area contributed by atoms with E-state index in [0.29, 0.717) is 18.5 Å². The molecule has 155 valence electrons. The molecule has 0 amide bonds. The van der Waals surface area contributed by atoms with Crippen LogP contribution in [0.25, 0.3) is 0 Å². The fourth-order valence-electron chi connectivity index (χ4n) is 1.56. The summed E-state index contributed by atoms with van der Waals surface area (Å²) >= 11 is 0. The van der Waals surface area contributed by atoms with E-state index in [4.69, 9.17) is 0 Å². The normalized spacial score (nSPS) is 13.2. The van der Waals surface area contributed by atoms with Gasteiger partial charge in [0.25, 0.3) is 0 Å². The van der Waals surface area contributed by atoms with E-state index in [1.54, 1.807) is 0 Å². The fraction of sp³-hybridized carbons (Fsp3) is 1.00. The van der Waals surface area contributed by atoms with Crippen molar-refractivity contribution in [3.05, 3.63) is 0 Å². The minimum atomic E-state index is -2.41. The molecule has 3 unspecified atom stereocenters. The Morgan fingerprint density at radius 2 is 0.720 bits per heavy atom. The van der Waals surface area contributed by atoms with Crippen molar-refractivity contribution in [2.45, 2.75) is 78.6 Å². The molecule has 3 atom stereocenters. The van der Waals surface area contributed by atoms with Crippen LogP contribution in [-0.2, 0) is 30.8 Å². The predicted octanol–water partition coefficient (Wildman–Crippen LogP) is 3.03. The summed E-state index contributed by atoms with van der Waals surface area (Å²) in [6, 6.07) is 0. The average Bonchev–Trinajstić information content (AvgIpc) is 2.48. The predicted molar refractivity (Wildman–Crippen MR) is 100 cm³/mol. The van der Waals surface area contributed by atoms with Gasteiger partial charge in [0.15, 0.2) is 0 Å². The molecule has 0 aliphatic heterocycles. The molecule has 0 aromatic rings. The zero-order chi connectivity index (χ0) is 19.2. The summed E-state index contributed by atoms with van der Waals surface area (Å²) in [5, 5.41) is 0. The van der Waals surface area contributed by atoms with Gasteiger partial charge in [0, 0.05) is 24.1 Å². The van der Waals surface area contributed by atoms with E-state index in [1.165, 1.54) is 0 Å². The van der Waals surface area contributed by atoms with E-state index in [1.807, 2.05) is 0 Å². The SMILES string of the molecule is CCCCC[PH](=O)[O-].CCCCC[PH](=O)[O-].CCCCC[PH](=O)[O-].[Fe+3]. The van der Waals surface area contributed by atoms with Gasteiger partial charge in [-0.1, -0.05) is 59.3 Å². The van der Waals surface area contributed by atoms with E-state index in [2.05, 4.69) is 20.8 Å². The molecule has 0 spiro atoms. The summed E-state index contributed by atoms with van der Waals surface area (Å²) in [6.45, 7) is 6.17. The second-order valence-corrected chi connectivity index (χ2v) is 9.22. The van der Waals surface area contributed by atoms with Crippen molar-refractivity contribution in [1.82, 2.24) is 0 Å². The van der Waals surface area contributed by atoms with Gasteiger partial charge < -0.3 is 28.4 Å². The van der Waals surface area contributed by atoms with E-state index >= 15 is 0 Å². The average molecular weight is 461 g/mol. The molecule has 1 radical (unpaired) electrons. The Morgan fingerprint density at radius 1 is 0.520 bits per heavy atom. The molecule has 0 N–H and O–H groups in total. The fourth-order valence-corrected chi connectivity index (χ4v) is 3.17. The molecular weight excluding hydrogens is 425 g/mol. The first-order valence-corrected chi connectivity index (χ1v) is 13.5. The summed E-state index contributed by atoms with van der Waals surface area (Å²) in [5.74, 6) is 0. The molecule has 25 heavy (non-hydrogen) atoms. The summed E-state index contributed by atoms with van der Waals surface area (Å²) in [4.78, 5) is 29.8. The Kier molecular flexibility index (Phi) is 40.2. The molecule has 0 aliphatic rings. The van der Waals surface area contributed by atoms with Crippen LogP contribution in [0.1, 0.15) is 78.6 Å². The Balaban J connectivity index is -0.000000130. The number of hydrogen-bond donors (Lipinski definition) is 0. The quantitative estimate of drug-likeness (QED) is 0.250. The molecule has 0 saturated heterocycles. The molecule has 0 aromatic carbocycles. The van der Waals surface area contributed by atoms with Gasteiger partial charge in [0.05, 0.1) is 0 Å². The molecule has 0 rings (SSSR count). The van der Waals surface area contributed by atoms with Gasteiger partial charge in [0.2, 0.25) is 0 Å². The van der Waals surface area contributed by atoms with E-state index in [0.717, 1.165) is 57.8 Å². The third-order valence-corrected chi connectivity index (χ3v) is 5.24. The summed E-state index contributed by atoms with van der Waals surface area (Å²) in [5.41, 5.74) is 0. The standard InChI is InChI=1S/3C5H13O2P.Fe/c3*1-2-3-4-5-8(6)7;/h3*8H,2-5H2,1H3,(H,6,7);/q;;;+3/p-3. The molecule has 0 heterocycles. The minimum Gasteiger partial charge on any atom is -0.802 e. The Morgan fingerprint density at radius 3 is 0.840 bits per heavy atom. The van der Waals surface area contributed by atoms with Crippen molar-refractivity contribution in [3.8, 4) is 0 Å². The second kappa shape index (κ2) is 29.8. The molecule has 6 nitrogen and oxygen atoms in total. The van der Waals surface area contributed by atoms with E-state index < -0.39 is 24.1 Å². The molecule has 0 saturated carbocycles. The zero-order valence-electron chi connectivity index (χ0n) is 15.8. The van der Waals surface area contributed by atoms with Gasteiger partial charge in [-0.3, -0.25) is 0 Å². The maximum Gasteiger partial charge on any atom is 3.00 e. The van der Waals surface area contributed by atoms with Crippen molar-refractivity contribution in [2.75, 3.05) is 18.5 Å². The van der Waals surface area contributed by atoms with Gasteiger partial charge >= 0.3 is 17.1 Å². The van der Waals surface area contributed by atoms with Gasteiger partial charge in [-0.25, -0.2) is 0 Å². The summed E-state index contributed by atoms with van der Waals surface area (Å²) < 4.78 is 29.8. The first-order chi connectivity index (χ1) is 11.3. The van der Waals surface area contributed by atoms with Crippen molar-refractivity contribution in [1.29, 1.82) is 0 Å². The first-order valence-electron chi connectivity index (χ1n) is 8.91. The van der Waals surface area contributed by atoms with Crippen LogP contribution in [0.15, 0.2) is 0 Å². The largest absolute Gasteiger partial charge is 3.00 e. The second-order valence-electron chi connectivity index (χ2n) is 5.49. The van der Waals surface area contributed by atoms with Crippen molar-refractivity contribution >= 4 is 24.1 Å². The van der Waals surface area contributed by atoms with Crippen LogP contribution >= 0.6 is 24.1 Å².